The van der Waals surface area contributed by atoms with Gasteiger partial charge in [0, 0.05) is 6.04 Å². The molecular formula is C9H18N4OS. The van der Waals surface area contributed by atoms with Crippen LogP contribution in [-0.4, -0.2) is 22.4 Å². The van der Waals surface area contributed by atoms with E-state index in [2.05, 4.69) is 10.4 Å². The van der Waals surface area contributed by atoms with Crippen LogP contribution < -0.4 is 16.9 Å². The predicted octanol–water partition coefficient (Wildman–Crippen LogP) is 0.355. The number of hydrogen-bond acceptors (Lipinski definition) is 4. The largest absolute Gasteiger partial charge is 0.377 e. The van der Waals surface area contributed by atoms with Crippen molar-refractivity contribution in [2.24, 2.45) is 16.7 Å². The van der Waals surface area contributed by atoms with E-state index < -0.39 is 0 Å². The molecule has 5 N–H and O–H groups in total. The van der Waals surface area contributed by atoms with E-state index in [9.17, 15) is 4.79 Å². The van der Waals surface area contributed by atoms with E-state index >= 15 is 0 Å². The molecule has 5 nitrogen and oxygen atoms in total. The van der Waals surface area contributed by atoms with Crippen LogP contribution in [0.2, 0.25) is 0 Å². The minimum absolute atomic E-state index is 0.0125. The summed E-state index contributed by atoms with van der Waals surface area (Å²) in [6.45, 7) is 1.80. The smallest absolute Gasteiger partial charge is 0.233 e. The van der Waals surface area contributed by atoms with Crippen LogP contribution in [0.4, 0.5) is 0 Å². The van der Waals surface area contributed by atoms with Crippen molar-refractivity contribution in [3.8, 4) is 0 Å². The molecule has 1 atom stereocenters. The third kappa shape index (κ3) is 3.99. The van der Waals surface area contributed by atoms with Gasteiger partial charge in [-0.1, -0.05) is 24.6 Å². The molecule has 1 amide bonds. The van der Waals surface area contributed by atoms with Gasteiger partial charge in [-0.15, -0.1) is 0 Å². The van der Waals surface area contributed by atoms with Crippen LogP contribution in [0.15, 0.2) is 5.10 Å². The van der Waals surface area contributed by atoms with Crippen LogP contribution in [0, 0.1) is 0 Å². The summed E-state index contributed by atoms with van der Waals surface area (Å²) in [6, 6.07) is 0.344. The maximum Gasteiger partial charge on any atom is 0.233 e. The molecule has 1 aliphatic carbocycles. The molecule has 0 aromatic heterocycles. The molecule has 0 radical (unpaired) electrons. The number of rotatable bonds is 3. The van der Waals surface area contributed by atoms with Crippen LogP contribution in [0.1, 0.15) is 32.6 Å². The number of hydrogen-bond donors (Lipinski definition) is 3. The van der Waals surface area contributed by atoms with Gasteiger partial charge in [0.05, 0.1) is 5.25 Å². The van der Waals surface area contributed by atoms with Crippen molar-refractivity contribution in [2.45, 2.75) is 43.9 Å². The average Bonchev–Trinajstić information content (AvgIpc) is 2.70. The Labute approximate surface area is 94.0 Å². The summed E-state index contributed by atoms with van der Waals surface area (Å²) >= 11 is 1.18. The molecule has 15 heavy (non-hydrogen) atoms. The minimum atomic E-state index is -0.238. The van der Waals surface area contributed by atoms with Crippen LogP contribution >= 0.6 is 11.8 Å². The molecule has 0 bridgehead atoms. The SMILES string of the molecule is CC(SC(N)=NN)C(=O)NC1CCCC1. The van der Waals surface area contributed by atoms with Crippen molar-refractivity contribution >= 4 is 22.8 Å². The number of amidine groups is 1. The summed E-state index contributed by atoms with van der Waals surface area (Å²) in [7, 11) is 0. The summed E-state index contributed by atoms with van der Waals surface area (Å²) in [5.41, 5.74) is 5.43. The van der Waals surface area contributed by atoms with Crippen LogP contribution in [0.25, 0.3) is 0 Å². The predicted molar refractivity (Wildman–Crippen MR) is 63.3 cm³/mol. The number of thioether (sulfide) groups is 1. The fourth-order valence-corrected chi connectivity index (χ4v) is 2.25. The molecule has 0 spiro atoms. The Bertz CT molecular complexity index is 250. The van der Waals surface area contributed by atoms with Crippen LogP contribution in [0.5, 0.6) is 0 Å². The van der Waals surface area contributed by atoms with E-state index in [0.29, 0.717) is 6.04 Å². The van der Waals surface area contributed by atoms with Gasteiger partial charge in [0.25, 0.3) is 0 Å². The first kappa shape index (κ1) is 12.2. The molecule has 1 rings (SSSR count). The Balaban J connectivity index is 2.32. The van der Waals surface area contributed by atoms with Crippen molar-refractivity contribution in [1.29, 1.82) is 0 Å². The highest BCUT2D eigenvalue weighted by atomic mass is 32.2. The third-order valence-electron chi connectivity index (χ3n) is 2.50. The van der Waals surface area contributed by atoms with Gasteiger partial charge >= 0.3 is 0 Å². The van der Waals surface area contributed by atoms with Gasteiger partial charge in [-0.2, -0.15) is 5.10 Å². The Kier molecular flexibility index (Phi) is 4.74. The summed E-state index contributed by atoms with van der Waals surface area (Å²) in [6.07, 6.45) is 4.59. The Morgan fingerprint density at radius 1 is 1.53 bits per heavy atom. The molecule has 1 aliphatic rings. The monoisotopic (exact) mass is 230 g/mol. The lowest BCUT2D eigenvalue weighted by molar-refractivity contribution is -0.120. The van der Waals surface area contributed by atoms with Gasteiger partial charge in [0.2, 0.25) is 5.91 Å². The molecule has 0 aliphatic heterocycles. The number of hydrazone groups is 1. The Morgan fingerprint density at radius 3 is 2.67 bits per heavy atom. The number of carbonyl (C=O) groups excluding carboxylic acids is 1. The summed E-state index contributed by atoms with van der Waals surface area (Å²) in [5.74, 6) is 5.01. The molecular weight excluding hydrogens is 212 g/mol. The number of nitrogens with two attached hydrogens (primary N) is 2. The molecule has 1 unspecified atom stereocenters. The zero-order chi connectivity index (χ0) is 11.3. The van der Waals surface area contributed by atoms with Gasteiger partial charge in [-0.3, -0.25) is 4.79 Å². The van der Waals surface area contributed by atoms with Gasteiger partial charge in [-0.05, 0) is 19.8 Å². The summed E-state index contributed by atoms with van der Waals surface area (Å²) < 4.78 is 0. The van der Waals surface area contributed by atoms with Crippen molar-refractivity contribution in [1.82, 2.24) is 5.32 Å². The highest BCUT2D eigenvalue weighted by molar-refractivity contribution is 8.14. The maximum atomic E-state index is 11.7. The van der Waals surface area contributed by atoms with Gasteiger partial charge in [-0.25, -0.2) is 0 Å². The fraction of sp³-hybridized carbons (Fsp3) is 0.778. The first-order valence-electron chi connectivity index (χ1n) is 5.14. The molecule has 0 aromatic carbocycles. The zero-order valence-corrected chi connectivity index (χ0v) is 9.72. The third-order valence-corrected chi connectivity index (χ3v) is 3.41. The number of nitrogens with zero attached hydrogens (tertiary/aromatic N) is 1. The zero-order valence-electron chi connectivity index (χ0n) is 8.90. The van der Waals surface area contributed by atoms with E-state index in [1.165, 1.54) is 24.6 Å². The maximum absolute atomic E-state index is 11.7. The molecule has 0 saturated heterocycles. The van der Waals surface area contributed by atoms with Gasteiger partial charge in [0.15, 0.2) is 5.17 Å². The second-order valence-corrected chi connectivity index (χ2v) is 5.08. The summed E-state index contributed by atoms with van der Waals surface area (Å²) in [4.78, 5) is 11.7. The lowest BCUT2D eigenvalue weighted by atomic mass is 10.2. The highest BCUT2D eigenvalue weighted by Gasteiger charge is 2.21. The van der Waals surface area contributed by atoms with E-state index in [0.717, 1.165) is 12.8 Å². The minimum Gasteiger partial charge on any atom is -0.377 e. The number of nitrogens with one attached hydrogen (secondary N) is 1. The van der Waals surface area contributed by atoms with E-state index in [4.69, 9.17) is 11.6 Å². The van der Waals surface area contributed by atoms with Crippen LogP contribution in [-0.2, 0) is 4.79 Å². The van der Waals surface area contributed by atoms with Crippen molar-refractivity contribution in [3.05, 3.63) is 0 Å². The van der Waals surface area contributed by atoms with E-state index in [1.807, 2.05) is 0 Å². The molecule has 6 heteroatoms. The Morgan fingerprint density at radius 2 is 2.13 bits per heavy atom. The topological polar surface area (TPSA) is 93.5 Å². The second kappa shape index (κ2) is 5.85. The number of amides is 1. The standard InChI is InChI=1S/C9H18N4OS/c1-6(15-9(10)13-11)8(14)12-7-4-2-3-5-7/h6-7H,2-5,11H2,1H3,(H2,10,13)(H,12,14). The molecule has 0 aromatic rings. The van der Waals surface area contributed by atoms with E-state index in [1.54, 1.807) is 6.92 Å². The van der Waals surface area contributed by atoms with Crippen molar-refractivity contribution < 1.29 is 4.79 Å². The van der Waals surface area contributed by atoms with Gasteiger partial charge in [0.1, 0.15) is 0 Å². The molecule has 0 heterocycles. The second-order valence-electron chi connectivity index (χ2n) is 3.72. The summed E-state index contributed by atoms with van der Waals surface area (Å²) in [5, 5.41) is 6.32. The first-order valence-corrected chi connectivity index (χ1v) is 6.02. The lowest BCUT2D eigenvalue weighted by Gasteiger charge is -2.15. The lowest BCUT2D eigenvalue weighted by Crippen LogP contribution is -2.38. The average molecular weight is 230 g/mol. The normalized spacial score (nSPS) is 20.2. The Hall–Kier alpha value is -0.910. The molecule has 1 saturated carbocycles. The number of carbonyl (C=O) groups is 1. The highest BCUT2D eigenvalue weighted by Crippen LogP contribution is 2.18. The molecule has 1 fully saturated rings. The van der Waals surface area contributed by atoms with Crippen molar-refractivity contribution in [3.63, 3.8) is 0 Å². The van der Waals surface area contributed by atoms with Crippen LogP contribution in [0.3, 0.4) is 0 Å². The van der Waals surface area contributed by atoms with E-state index in [-0.39, 0.29) is 16.3 Å². The quantitative estimate of drug-likeness (QED) is 0.282. The van der Waals surface area contributed by atoms with Gasteiger partial charge < -0.3 is 16.9 Å². The molecule has 86 valence electrons. The fourth-order valence-electron chi connectivity index (χ4n) is 1.65. The first-order chi connectivity index (χ1) is 7.13. The van der Waals surface area contributed by atoms with Crippen molar-refractivity contribution in [2.75, 3.05) is 0 Å².